The Balaban J connectivity index is 2.32. The Labute approximate surface area is 92.9 Å². The summed E-state index contributed by atoms with van der Waals surface area (Å²) < 4.78 is 2.21. The van der Waals surface area contributed by atoms with Gasteiger partial charge in [-0.15, -0.1) is 10.2 Å². The molecule has 0 unspecified atom stereocenters. The molecule has 0 saturated heterocycles. The molecule has 3 nitrogen and oxygen atoms in total. The lowest BCUT2D eigenvalue weighted by atomic mass is 10.2. The highest BCUT2D eigenvalue weighted by Gasteiger charge is 2.02. The van der Waals surface area contributed by atoms with Crippen LogP contribution < -0.4 is 0 Å². The minimum absolute atomic E-state index is 1.08. The standard InChI is InChI=1S/C12H23N3/c1-3-5-7-9-12-14-13-11-15(12)10-8-6-4-2/h11H,3-10H2,1-2H3. The molecule has 0 atom stereocenters. The van der Waals surface area contributed by atoms with Crippen molar-refractivity contribution in [2.45, 2.75) is 65.3 Å². The average molecular weight is 209 g/mol. The number of aryl methyl sites for hydroxylation is 2. The lowest BCUT2D eigenvalue weighted by Crippen LogP contribution is -2.03. The third kappa shape index (κ3) is 4.45. The zero-order chi connectivity index (χ0) is 10.9. The maximum Gasteiger partial charge on any atom is 0.132 e. The molecule has 15 heavy (non-hydrogen) atoms. The van der Waals surface area contributed by atoms with Crippen LogP contribution in [0, 0.1) is 0 Å². The molecule has 1 heterocycles. The highest BCUT2D eigenvalue weighted by atomic mass is 15.3. The smallest absolute Gasteiger partial charge is 0.132 e. The van der Waals surface area contributed by atoms with Crippen LogP contribution in [0.5, 0.6) is 0 Å². The predicted octanol–water partition coefficient (Wildman–Crippen LogP) is 3.20. The lowest BCUT2D eigenvalue weighted by molar-refractivity contribution is 0.568. The fraction of sp³-hybridized carbons (Fsp3) is 0.833. The van der Waals surface area contributed by atoms with Gasteiger partial charge in [-0.1, -0.05) is 39.5 Å². The van der Waals surface area contributed by atoms with E-state index in [-0.39, 0.29) is 0 Å². The van der Waals surface area contributed by atoms with Crippen molar-refractivity contribution in [2.75, 3.05) is 0 Å². The summed E-state index contributed by atoms with van der Waals surface area (Å²) in [5.74, 6) is 1.17. The molecule has 0 N–H and O–H groups in total. The van der Waals surface area contributed by atoms with Gasteiger partial charge in [0.05, 0.1) is 0 Å². The fourth-order valence-electron chi connectivity index (χ4n) is 1.72. The highest BCUT2D eigenvalue weighted by molar-refractivity contribution is 4.85. The minimum Gasteiger partial charge on any atom is -0.318 e. The quantitative estimate of drug-likeness (QED) is 0.615. The van der Waals surface area contributed by atoms with Crippen molar-refractivity contribution in [1.82, 2.24) is 14.8 Å². The lowest BCUT2D eigenvalue weighted by Gasteiger charge is -2.05. The number of rotatable bonds is 8. The van der Waals surface area contributed by atoms with Gasteiger partial charge in [0.1, 0.15) is 12.2 Å². The van der Waals surface area contributed by atoms with Crippen molar-refractivity contribution in [2.24, 2.45) is 0 Å². The average Bonchev–Trinajstić information content (AvgIpc) is 2.67. The first-order valence-electron chi connectivity index (χ1n) is 6.25. The van der Waals surface area contributed by atoms with Crippen molar-refractivity contribution in [3.63, 3.8) is 0 Å². The molecule has 0 aliphatic heterocycles. The SMILES string of the molecule is CCCCCc1nncn1CCCCC. The van der Waals surface area contributed by atoms with Gasteiger partial charge in [-0.3, -0.25) is 0 Å². The first kappa shape index (κ1) is 12.2. The number of unbranched alkanes of at least 4 members (excludes halogenated alkanes) is 4. The van der Waals surface area contributed by atoms with Crippen molar-refractivity contribution in [3.05, 3.63) is 12.2 Å². The normalized spacial score (nSPS) is 10.8. The summed E-state index contributed by atoms with van der Waals surface area (Å²) in [6.07, 6.45) is 10.6. The monoisotopic (exact) mass is 209 g/mol. The summed E-state index contributed by atoms with van der Waals surface area (Å²) in [6, 6.07) is 0. The van der Waals surface area contributed by atoms with Crippen LogP contribution in [0.4, 0.5) is 0 Å². The van der Waals surface area contributed by atoms with Gasteiger partial charge in [-0.25, -0.2) is 0 Å². The maximum absolute atomic E-state index is 4.18. The molecule has 0 aromatic carbocycles. The molecule has 0 fully saturated rings. The molecule has 0 bridgehead atoms. The molecule has 0 radical (unpaired) electrons. The molecule has 0 saturated carbocycles. The fourth-order valence-corrected chi connectivity index (χ4v) is 1.72. The Kier molecular flexibility index (Phi) is 6.05. The molecular formula is C12H23N3. The number of aromatic nitrogens is 3. The van der Waals surface area contributed by atoms with Crippen molar-refractivity contribution >= 4 is 0 Å². The van der Waals surface area contributed by atoms with E-state index in [0.29, 0.717) is 0 Å². The maximum atomic E-state index is 4.18. The number of hydrogen-bond acceptors (Lipinski definition) is 2. The summed E-state index contributed by atoms with van der Waals surface area (Å²) in [5, 5.41) is 8.17. The molecule has 0 aliphatic carbocycles. The third-order valence-corrected chi connectivity index (χ3v) is 2.70. The van der Waals surface area contributed by atoms with Crippen LogP contribution in [0.3, 0.4) is 0 Å². The molecule has 1 aromatic heterocycles. The van der Waals surface area contributed by atoms with E-state index in [9.17, 15) is 0 Å². The summed E-state index contributed by atoms with van der Waals surface area (Å²) in [6.45, 7) is 5.54. The molecule has 86 valence electrons. The van der Waals surface area contributed by atoms with Crippen LogP contribution in [0.25, 0.3) is 0 Å². The Bertz CT molecular complexity index is 231. The van der Waals surface area contributed by atoms with Crippen LogP contribution >= 0.6 is 0 Å². The van der Waals surface area contributed by atoms with Gasteiger partial charge in [0, 0.05) is 13.0 Å². The van der Waals surface area contributed by atoms with Crippen LogP contribution in [0.1, 0.15) is 58.2 Å². The summed E-state index contributed by atoms with van der Waals surface area (Å²) in [7, 11) is 0. The Morgan fingerprint density at radius 1 is 1.07 bits per heavy atom. The van der Waals surface area contributed by atoms with Crippen LogP contribution in [0.15, 0.2) is 6.33 Å². The van der Waals surface area contributed by atoms with Gasteiger partial charge in [0.2, 0.25) is 0 Å². The van der Waals surface area contributed by atoms with Crippen molar-refractivity contribution in [1.29, 1.82) is 0 Å². The van der Waals surface area contributed by atoms with E-state index >= 15 is 0 Å². The summed E-state index contributed by atoms with van der Waals surface area (Å²) >= 11 is 0. The largest absolute Gasteiger partial charge is 0.318 e. The van der Waals surface area contributed by atoms with Gasteiger partial charge >= 0.3 is 0 Å². The van der Waals surface area contributed by atoms with Crippen LogP contribution in [-0.2, 0) is 13.0 Å². The van der Waals surface area contributed by atoms with Gasteiger partial charge in [0.15, 0.2) is 0 Å². The van der Waals surface area contributed by atoms with Gasteiger partial charge in [-0.2, -0.15) is 0 Å². The number of hydrogen-bond donors (Lipinski definition) is 0. The summed E-state index contributed by atoms with van der Waals surface area (Å²) in [4.78, 5) is 0. The van der Waals surface area contributed by atoms with E-state index in [1.165, 1.54) is 44.3 Å². The van der Waals surface area contributed by atoms with E-state index < -0.39 is 0 Å². The van der Waals surface area contributed by atoms with Crippen LogP contribution in [0.2, 0.25) is 0 Å². The second-order valence-electron chi connectivity index (χ2n) is 4.10. The zero-order valence-corrected chi connectivity index (χ0v) is 10.1. The molecule has 0 amide bonds. The summed E-state index contributed by atoms with van der Waals surface area (Å²) in [5.41, 5.74) is 0. The van der Waals surface area contributed by atoms with Crippen LogP contribution in [-0.4, -0.2) is 14.8 Å². The molecule has 1 rings (SSSR count). The first-order chi connectivity index (χ1) is 7.38. The molecule has 0 aliphatic rings. The molecule has 0 spiro atoms. The second kappa shape index (κ2) is 7.43. The minimum atomic E-state index is 1.08. The molecule has 1 aromatic rings. The van der Waals surface area contributed by atoms with Crippen molar-refractivity contribution in [3.8, 4) is 0 Å². The number of nitrogens with zero attached hydrogens (tertiary/aromatic N) is 3. The Morgan fingerprint density at radius 3 is 2.53 bits per heavy atom. The van der Waals surface area contributed by atoms with Gasteiger partial charge in [0.25, 0.3) is 0 Å². The Hall–Kier alpha value is -0.860. The second-order valence-corrected chi connectivity index (χ2v) is 4.10. The van der Waals surface area contributed by atoms with E-state index in [1.807, 2.05) is 6.33 Å². The van der Waals surface area contributed by atoms with E-state index in [2.05, 4.69) is 28.6 Å². The molecule has 3 heteroatoms. The zero-order valence-electron chi connectivity index (χ0n) is 10.1. The van der Waals surface area contributed by atoms with Crippen molar-refractivity contribution < 1.29 is 0 Å². The van der Waals surface area contributed by atoms with Gasteiger partial charge < -0.3 is 4.57 Å². The Morgan fingerprint density at radius 2 is 1.80 bits per heavy atom. The predicted molar refractivity (Wildman–Crippen MR) is 62.8 cm³/mol. The van der Waals surface area contributed by atoms with E-state index in [1.54, 1.807) is 0 Å². The van der Waals surface area contributed by atoms with E-state index in [0.717, 1.165) is 13.0 Å². The highest BCUT2D eigenvalue weighted by Crippen LogP contribution is 2.06. The van der Waals surface area contributed by atoms with Gasteiger partial charge in [-0.05, 0) is 12.8 Å². The molecular weight excluding hydrogens is 186 g/mol. The third-order valence-electron chi connectivity index (χ3n) is 2.70. The van der Waals surface area contributed by atoms with E-state index in [4.69, 9.17) is 0 Å². The topological polar surface area (TPSA) is 30.7 Å². The first-order valence-corrected chi connectivity index (χ1v) is 6.25.